The van der Waals surface area contributed by atoms with E-state index in [-0.39, 0.29) is 5.03 Å². The highest BCUT2D eigenvalue weighted by Crippen LogP contribution is 2.27. The summed E-state index contributed by atoms with van der Waals surface area (Å²) in [6.45, 7) is 4.26. The van der Waals surface area contributed by atoms with Gasteiger partial charge in [0.1, 0.15) is 5.82 Å². The molecule has 0 saturated heterocycles. The van der Waals surface area contributed by atoms with Gasteiger partial charge in [-0.1, -0.05) is 23.7 Å². The molecule has 7 nitrogen and oxygen atoms in total. The van der Waals surface area contributed by atoms with Crippen molar-refractivity contribution in [3.63, 3.8) is 0 Å². The molecule has 32 heavy (non-hydrogen) atoms. The zero-order chi connectivity index (χ0) is 23.0. The van der Waals surface area contributed by atoms with Gasteiger partial charge in [0.25, 0.3) is 0 Å². The van der Waals surface area contributed by atoms with E-state index in [4.69, 9.17) is 16.6 Å². The average Bonchev–Trinajstić information content (AvgIpc) is 3.26. The van der Waals surface area contributed by atoms with Crippen LogP contribution in [0.3, 0.4) is 0 Å². The van der Waals surface area contributed by atoms with Gasteiger partial charge in [0.15, 0.2) is 14.9 Å². The van der Waals surface area contributed by atoms with Gasteiger partial charge in [-0.2, -0.15) is 5.10 Å². The highest BCUT2D eigenvalue weighted by Gasteiger charge is 2.27. The molecule has 0 saturated carbocycles. The van der Waals surface area contributed by atoms with Gasteiger partial charge >= 0.3 is 0 Å². The van der Waals surface area contributed by atoms with Crippen molar-refractivity contribution >= 4 is 54.2 Å². The third kappa shape index (κ3) is 4.33. The lowest BCUT2D eigenvalue weighted by atomic mass is 10.2. The van der Waals surface area contributed by atoms with Gasteiger partial charge in [-0.05, 0) is 50.6 Å². The van der Waals surface area contributed by atoms with Crippen LogP contribution in [0.5, 0.6) is 0 Å². The Bertz CT molecular complexity index is 1420. The molecule has 0 aliphatic heterocycles. The third-order valence-electron chi connectivity index (χ3n) is 5.41. The van der Waals surface area contributed by atoms with E-state index in [0.29, 0.717) is 29.3 Å². The maximum atomic E-state index is 12.9. The molecule has 0 fully saturated rings. The molecule has 2 heterocycles. The van der Waals surface area contributed by atoms with Gasteiger partial charge in [0.05, 0.1) is 28.3 Å². The van der Waals surface area contributed by atoms with E-state index in [1.54, 1.807) is 30.9 Å². The van der Waals surface area contributed by atoms with Crippen LogP contribution in [0.1, 0.15) is 26.1 Å². The van der Waals surface area contributed by atoms with Gasteiger partial charge in [-0.25, -0.2) is 13.4 Å². The number of fused-ring (bicyclic) bond motifs is 2. The molecule has 0 spiro atoms. The fourth-order valence-electron chi connectivity index (χ4n) is 3.73. The number of halogens is 1. The summed E-state index contributed by atoms with van der Waals surface area (Å²) in [5.41, 5.74) is 2.42. The summed E-state index contributed by atoms with van der Waals surface area (Å²) in [7, 11) is -4.43. The Morgan fingerprint density at radius 3 is 2.59 bits per heavy atom. The van der Waals surface area contributed by atoms with Gasteiger partial charge in [0.2, 0.25) is 0 Å². The quantitative estimate of drug-likeness (QED) is 0.370. The molecule has 1 unspecified atom stereocenters. The van der Waals surface area contributed by atoms with Crippen LogP contribution in [-0.2, 0) is 33.7 Å². The lowest BCUT2D eigenvalue weighted by Gasteiger charge is -2.10. The Morgan fingerprint density at radius 1 is 1.12 bits per heavy atom. The minimum Gasteiger partial charge on any atom is -0.326 e. The molecule has 10 heteroatoms. The Labute approximate surface area is 194 Å². The second-order valence-electron chi connectivity index (χ2n) is 8.02. The summed E-state index contributed by atoms with van der Waals surface area (Å²) in [5.74, 6) is 1.33. The molecule has 0 radical (unpaired) electrons. The number of nitrogens with zero attached hydrogens (tertiary/aromatic N) is 4. The molecule has 0 amide bonds. The third-order valence-corrected chi connectivity index (χ3v) is 8.59. The molecule has 0 aliphatic rings. The van der Waals surface area contributed by atoms with Crippen LogP contribution in [0.2, 0.25) is 5.02 Å². The van der Waals surface area contributed by atoms with Crippen molar-refractivity contribution in [3.05, 3.63) is 53.3 Å². The minimum atomic E-state index is -3.55. The van der Waals surface area contributed by atoms with E-state index in [9.17, 15) is 12.6 Å². The zero-order valence-corrected chi connectivity index (χ0v) is 20.5. The van der Waals surface area contributed by atoms with Crippen molar-refractivity contribution in [2.24, 2.45) is 0 Å². The monoisotopic (exact) mass is 492 g/mol. The van der Waals surface area contributed by atoms with Crippen LogP contribution in [0, 0.1) is 0 Å². The first-order valence-electron chi connectivity index (χ1n) is 10.3. The molecule has 0 bridgehead atoms. The number of para-hydroxylation sites is 1. The fourth-order valence-corrected chi connectivity index (χ4v) is 5.57. The number of sulfone groups is 1. The predicted octanol–water partition coefficient (Wildman–Crippen LogP) is 4.04. The fraction of sp³-hybridized carbons (Fsp3) is 0.364. The smallest absolute Gasteiger partial charge is 0.200 e. The lowest BCUT2D eigenvalue weighted by molar-refractivity contribution is 0.569. The first kappa shape index (κ1) is 22.9. The van der Waals surface area contributed by atoms with Crippen molar-refractivity contribution in [2.75, 3.05) is 12.0 Å². The Hall–Kier alpha value is -2.23. The summed E-state index contributed by atoms with van der Waals surface area (Å²) in [6.07, 6.45) is 2.43. The van der Waals surface area contributed by atoms with E-state index in [2.05, 4.69) is 9.67 Å². The van der Waals surface area contributed by atoms with Crippen LogP contribution in [0.4, 0.5) is 0 Å². The first-order valence-corrected chi connectivity index (χ1v) is 14.0. The summed E-state index contributed by atoms with van der Waals surface area (Å²) < 4.78 is 41.2. The van der Waals surface area contributed by atoms with Crippen molar-refractivity contribution < 1.29 is 12.6 Å². The molecule has 4 rings (SSSR count). The summed E-state index contributed by atoms with van der Waals surface area (Å²) in [4.78, 5) is 4.77. The normalized spacial score (nSPS) is 13.4. The first-order chi connectivity index (χ1) is 15.2. The summed E-state index contributed by atoms with van der Waals surface area (Å²) in [6, 6.07) is 12.9. The SMILES string of the molecule is CC(C)S(=O)(=O)c1nn(Cc2nc3cc(Cl)ccc3n2CCCS(C)=O)c2ccccc12. The molecular formula is C22H25ClN4O3S2. The minimum absolute atomic E-state index is 0.0928. The second kappa shape index (κ2) is 8.96. The number of imidazole rings is 1. The van der Waals surface area contributed by atoms with E-state index in [0.717, 1.165) is 28.8 Å². The van der Waals surface area contributed by atoms with Gasteiger partial charge in [0, 0.05) is 39.8 Å². The average molecular weight is 493 g/mol. The number of aryl methyl sites for hydroxylation is 1. The largest absolute Gasteiger partial charge is 0.326 e. The van der Waals surface area contributed by atoms with Crippen LogP contribution in [-0.4, -0.2) is 49.2 Å². The van der Waals surface area contributed by atoms with Gasteiger partial charge < -0.3 is 4.57 Å². The van der Waals surface area contributed by atoms with Crippen LogP contribution >= 0.6 is 11.6 Å². The summed E-state index contributed by atoms with van der Waals surface area (Å²) >= 11 is 6.17. The van der Waals surface area contributed by atoms with E-state index in [1.807, 2.05) is 36.4 Å². The molecule has 1 atom stereocenters. The number of hydrogen-bond donors (Lipinski definition) is 0. The van der Waals surface area contributed by atoms with Crippen molar-refractivity contribution in [1.82, 2.24) is 19.3 Å². The van der Waals surface area contributed by atoms with Crippen molar-refractivity contribution in [3.8, 4) is 0 Å². The topological polar surface area (TPSA) is 86.8 Å². The lowest BCUT2D eigenvalue weighted by Crippen LogP contribution is -2.16. The maximum absolute atomic E-state index is 12.9. The van der Waals surface area contributed by atoms with Crippen molar-refractivity contribution in [1.29, 1.82) is 0 Å². The van der Waals surface area contributed by atoms with Crippen LogP contribution in [0.25, 0.3) is 21.9 Å². The highest BCUT2D eigenvalue weighted by atomic mass is 35.5. The standard InChI is InChI=1S/C22H25ClN4O3S2/c1-15(2)32(29,30)22-17-7-4-5-8-19(17)27(25-22)14-21-24-18-13-16(23)9-10-20(18)26(21)11-6-12-31(3)28/h4-5,7-10,13,15H,6,11-12,14H2,1-3H3. The molecule has 0 aliphatic carbocycles. The van der Waals surface area contributed by atoms with E-state index in [1.165, 1.54) is 0 Å². The second-order valence-corrected chi connectivity index (χ2v) is 12.4. The molecule has 0 N–H and O–H groups in total. The van der Waals surface area contributed by atoms with Gasteiger partial charge in [-0.3, -0.25) is 8.89 Å². The summed E-state index contributed by atoms with van der Waals surface area (Å²) in [5, 5.41) is 5.24. The molecule has 170 valence electrons. The predicted molar refractivity (Wildman–Crippen MR) is 129 cm³/mol. The number of hydrogen-bond acceptors (Lipinski definition) is 5. The number of rotatable bonds is 8. The maximum Gasteiger partial charge on any atom is 0.200 e. The Morgan fingerprint density at radius 2 is 1.88 bits per heavy atom. The molecule has 2 aromatic heterocycles. The Kier molecular flexibility index (Phi) is 6.42. The Balaban J connectivity index is 1.82. The van der Waals surface area contributed by atoms with Crippen molar-refractivity contribution in [2.45, 2.75) is 43.6 Å². The molecular weight excluding hydrogens is 468 g/mol. The van der Waals surface area contributed by atoms with E-state index < -0.39 is 25.9 Å². The highest BCUT2D eigenvalue weighted by molar-refractivity contribution is 7.92. The number of aromatic nitrogens is 4. The molecule has 4 aromatic rings. The zero-order valence-electron chi connectivity index (χ0n) is 18.2. The van der Waals surface area contributed by atoms with Crippen LogP contribution < -0.4 is 0 Å². The van der Waals surface area contributed by atoms with Crippen LogP contribution in [0.15, 0.2) is 47.5 Å². The molecule has 2 aromatic carbocycles. The van der Waals surface area contributed by atoms with E-state index >= 15 is 0 Å². The number of benzene rings is 2. The van der Waals surface area contributed by atoms with Gasteiger partial charge in [-0.15, -0.1) is 0 Å².